The van der Waals surface area contributed by atoms with E-state index in [1.54, 1.807) is 19.1 Å². The van der Waals surface area contributed by atoms with Crippen LogP contribution in [0.3, 0.4) is 0 Å². The average molecular weight is 538 g/mol. The van der Waals surface area contributed by atoms with Crippen molar-refractivity contribution in [2.45, 2.75) is 32.7 Å². The lowest BCUT2D eigenvalue weighted by molar-refractivity contribution is -0.119. The number of para-hydroxylation sites is 2. The largest absolute Gasteiger partial charge is 0.497 e. The van der Waals surface area contributed by atoms with E-state index in [4.69, 9.17) is 9.47 Å². The van der Waals surface area contributed by atoms with Crippen LogP contribution in [0.1, 0.15) is 53.0 Å². The van der Waals surface area contributed by atoms with Crippen LogP contribution in [0.2, 0.25) is 0 Å². The summed E-state index contributed by atoms with van der Waals surface area (Å²) in [6, 6.07) is 24.5. The van der Waals surface area contributed by atoms with Crippen molar-refractivity contribution >= 4 is 17.5 Å². The van der Waals surface area contributed by atoms with E-state index in [0.29, 0.717) is 23.6 Å². The molecular weight excluding hydrogens is 502 g/mol. The number of rotatable bonds is 9. The SMILES string of the molecule is CCCCN(CC(=O)N1c2ccccc2-n2cccc2C1c1cc(OC)ccc1OC)C(=O)c1ccccc1C. The molecule has 1 atom stereocenters. The van der Waals surface area contributed by atoms with E-state index in [9.17, 15) is 9.59 Å². The van der Waals surface area contributed by atoms with Crippen LogP contribution in [0.5, 0.6) is 11.5 Å². The molecule has 1 unspecified atom stereocenters. The fourth-order valence-electron chi connectivity index (χ4n) is 5.43. The predicted octanol–water partition coefficient (Wildman–Crippen LogP) is 6.18. The van der Waals surface area contributed by atoms with E-state index < -0.39 is 6.04 Å². The summed E-state index contributed by atoms with van der Waals surface area (Å²) in [7, 11) is 3.25. The van der Waals surface area contributed by atoms with Gasteiger partial charge in [-0.1, -0.05) is 43.7 Å². The van der Waals surface area contributed by atoms with Crippen LogP contribution in [-0.2, 0) is 4.79 Å². The maximum absolute atomic E-state index is 14.5. The molecule has 206 valence electrons. The summed E-state index contributed by atoms with van der Waals surface area (Å²) in [5.74, 6) is 1.01. The third-order valence-corrected chi connectivity index (χ3v) is 7.49. The number of methoxy groups -OCH3 is 2. The topological polar surface area (TPSA) is 64.0 Å². The van der Waals surface area contributed by atoms with Gasteiger partial charge in [-0.05, 0) is 67.4 Å². The van der Waals surface area contributed by atoms with Gasteiger partial charge in [0.25, 0.3) is 5.91 Å². The molecule has 7 nitrogen and oxygen atoms in total. The lowest BCUT2D eigenvalue weighted by Crippen LogP contribution is -2.47. The van der Waals surface area contributed by atoms with Crippen molar-refractivity contribution in [1.29, 1.82) is 0 Å². The maximum atomic E-state index is 14.5. The summed E-state index contributed by atoms with van der Waals surface area (Å²) in [4.78, 5) is 31.7. The highest BCUT2D eigenvalue weighted by Crippen LogP contribution is 2.45. The lowest BCUT2D eigenvalue weighted by Gasteiger charge is -2.40. The summed E-state index contributed by atoms with van der Waals surface area (Å²) in [6.07, 6.45) is 3.72. The molecule has 1 aliphatic rings. The Morgan fingerprint density at radius 3 is 2.38 bits per heavy atom. The zero-order valence-corrected chi connectivity index (χ0v) is 23.5. The highest BCUT2D eigenvalue weighted by Gasteiger charge is 2.38. The maximum Gasteiger partial charge on any atom is 0.254 e. The molecule has 4 aromatic rings. The first-order valence-corrected chi connectivity index (χ1v) is 13.6. The van der Waals surface area contributed by atoms with Crippen molar-refractivity contribution in [3.63, 3.8) is 0 Å². The van der Waals surface area contributed by atoms with E-state index in [1.165, 1.54) is 0 Å². The van der Waals surface area contributed by atoms with Crippen molar-refractivity contribution in [1.82, 2.24) is 9.47 Å². The number of carbonyl (C=O) groups is 2. The van der Waals surface area contributed by atoms with E-state index in [1.807, 2.05) is 96.9 Å². The number of aromatic nitrogens is 1. The van der Waals surface area contributed by atoms with Crippen LogP contribution in [0.15, 0.2) is 85.1 Å². The molecule has 0 saturated carbocycles. The fourth-order valence-corrected chi connectivity index (χ4v) is 5.43. The number of hydrogen-bond acceptors (Lipinski definition) is 4. The standard InChI is InChI=1S/C33H35N3O4/c1-5-6-19-34(33(38)25-13-8-7-12-23(25)2)22-31(37)36-28-15-10-9-14-27(28)35-20-11-16-29(35)32(36)26-21-24(39-3)17-18-30(26)40-4/h7-18,20-21,32H,5-6,19,22H2,1-4H3. The quantitative estimate of drug-likeness (QED) is 0.256. The molecule has 0 bridgehead atoms. The first-order valence-electron chi connectivity index (χ1n) is 13.6. The van der Waals surface area contributed by atoms with Gasteiger partial charge in [-0.2, -0.15) is 0 Å². The molecular formula is C33H35N3O4. The van der Waals surface area contributed by atoms with Crippen molar-refractivity contribution < 1.29 is 19.1 Å². The molecule has 0 fully saturated rings. The average Bonchev–Trinajstić information content (AvgIpc) is 3.48. The summed E-state index contributed by atoms with van der Waals surface area (Å²) in [5, 5.41) is 0. The smallest absolute Gasteiger partial charge is 0.254 e. The van der Waals surface area contributed by atoms with Crippen LogP contribution in [0.25, 0.3) is 5.69 Å². The van der Waals surface area contributed by atoms with Crippen molar-refractivity contribution in [2.75, 3.05) is 32.2 Å². The third kappa shape index (κ3) is 4.95. The molecule has 0 saturated heterocycles. The Bertz CT molecular complexity index is 1530. The summed E-state index contributed by atoms with van der Waals surface area (Å²) >= 11 is 0. The minimum Gasteiger partial charge on any atom is -0.497 e. The highest BCUT2D eigenvalue weighted by molar-refractivity contribution is 6.03. The first-order chi connectivity index (χ1) is 19.5. The molecule has 2 heterocycles. The second-order valence-electron chi connectivity index (χ2n) is 9.96. The van der Waals surface area contributed by atoms with E-state index in [2.05, 4.69) is 11.5 Å². The van der Waals surface area contributed by atoms with Gasteiger partial charge >= 0.3 is 0 Å². The van der Waals surface area contributed by atoms with Gasteiger partial charge in [0.2, 0.25) is 5.91 Å². The Labute approximate surface area is 235 Å². The van der Waals surface area contributed by atoms with Crippen LogP contribution < -0.4 is 14.4 Å². The van der Waals surface area contributed by atoms with Crippen LogP contribution in [0, 0.1) is 6.92 Å². The minimum absolute atomic E-state index is 0.0506. The van der Waals surface area contributed by atoms with E-state index in [-0.39, 0.29) is 18.4 Å². The van der Waals surface area contributed by atoms with Gasteiger partial charge < -0.3 is 18.9 Å². The van der Waals surface area contributed by atoms with Gasteiger partial charge in [0.1, 0.15) is 24.1 Å². The van der Waals surface area contributed by atoms with E-state index >= 15 is 0 Å². The number of benzene rings is 3. The minimum atomic E-state index is -0.496. The zero-order valence-electron chi connectivity index (χ0n) is 23.5. The number of aryl methyl sites for hydroxylation is 1. The van der Waals surface area contributed by atoms with Crippen LogP contribution in [0.4, 0.5) is 5.69 Å². The van der Waals surface area contributed by atoms with Crippen LogP contribution >= 0.6 is 0 Å². The second-order valence-corrected chi connectivity index (χ2v) is 9.96. The van der Waals surface area contributed by atoms with E-state index in [0.717, 1.165) is 41.0 Å². The molecule has 0 radical (unpaired) electrons. The molecule has 0 aliphatic carbocycles. The summed E-state index contributed by atoms with van der Waals surface area (Å²) < 4.78 is 13.5. The number of amides is 2. The Hall–Kier alpha value is -4.52. The number of hydrogen-bond donors (Lipinski definition) is 0. The Morgan fingerprint density at radius 2 is 1.65 bits per heavy atom. The number of fused-ring (bicyclic) bond motifs is 3. The summed E-state index contributed by atoms with van der Waals surface area (Å²) in [6.45, 7) is 4.45. The molecule has 0 spiro atoms. The molecule has 0 N–H and O–H groups in total. The first kappa shape index (κ1) is 27.1. The number of ether oxygens (including phenoxy) is 2. The van der Waals surface area contributed by atoms with Gasteiger partial charge in [0, 0.05) is 23.9 Å². The Kier molecular flexibility index (Phi) is 7.91. The molecule has 3 aromatic carbocycles. The molecule has 2 amide bonds. The van der Waals surface area contributed by atoms with Crippen molar-refractivity contribution in [2.24, 2.45) is 0 Å². The molecule has 1 aliphatic heterocycles. The molecule has 7 heteroatoms. The number of anilines is 1. The van der Waals surface area contributed by atoms with Gasteiger partial charge in [-0.3, -0.25) is 14.5 Å². The Balaban J connectivity index is 1.61. The van der Waals surface area contributed by atoms with Gasteiger partial charge in [0.05, 0.1) is 31.3 Å². The number of nitrogens with zero attached hydrogens (tertiary/aromatic N) is 3. The highest BCUT2D eigenvalue weighted by atomic mass is 16.5. The zero-order chi connectivity index (χ0) is 28.2. The lowest BCUT2D eigenvalue weighted by atomic mass is 9.96. The predicted molar refractivity (Wildman–Crippen MR) is 157 cm³/mol. The van der Waals surface area contributed by atoms with Crippen molar-refractivity contribution in [3.05, 3.63) is 107 Å². The fraction of sp³-hybridized carbons (Fsp3) is 0.273. The van der Waals surface area contributed by atoms with Gasteiger partial charge in [-0.15, -0.1) is 0 Å². The van der Waals surface area contributed by atoms with Gasteiger partial charge in [-0.25, -0.2) is 0 Å². The van der Waals surface area contributed by atoms with Crippen LogP contribution in [-0.4, -0.2) is 48.6 Å². The monoisotopic (exact) mass is 537 g/mol. The third-order valence-electron chi connectivity index (χ3n) is 7.49. The van der Waals surface area contributed by atoms with Gasteiger partial charge in [0.15, 0.2) is 0 Å². The second kappa shape index (κ2) is 11.7. The molecule has 40 heavy (non-hydrogen) atoms. The molecule has 5 rings (SSSR count). The summed E-state index contributed by atoms with van der Waals surface area (Å²) in [5.41, 5.74) is 4.90. The number of unbranched alkanes of at least 4 members (excludes halogenated alkanes) is 1. The van der Waals surface area contributed by atoms with Crippen molar-refractivity contribution in [3.8, 4) is 17.2 Å². The molecule has 1 aromatic heterocycles. The number of carbonyl (C=O) groups excluding carboxylic acids is 2. The normalized spacial score (nSPS) is 13.8. The Morgan fingerprint density at radius 1 is 0.900 bits per heavy atom.